The Morgan fingerprint density at radius 3 is 2.91 bits per heavy atom. The van der Waals surface area contributed by atoms with Gasteiger partial charge >= 0.3 is 0 Å². The molecule has 0 bridgehead atoms. The van der Waals surface area contributed by atoms with E-state index in [9.17, 15) is 13.6 Å². The van der Waals surface area contributed by atoms with E-state index in [1.165, 1.54) is 11.3 Å². The number of fused-ring (bicyclic) bond motifs is 1. The lowest BCUT2D eigenvalue weighted by Gasteiger charge is -2.06. The van der Waals surface area contributed by atoms with Crippen molar-refractivity contribution < 1.29 is 13.6 Å². The van der Waals surface area contributed by atoms with Crippen molar-refractivity contribution in [2.24, 2.45) is 0 Å². The number of amides is 1. The van der Waals surface area contributed by atoms with Crippen LogP contribution in [0.15, 0.2) is 24.4 Å². The van der Waals surface area contributed by atoms with Gasteiger partial charge in [0.15, 0.2) is 4.96 Å². The van der Waals surface area contributed by atoms with Gasteiger partial charge in [0.2, 0.25) is 0 Å². The van der Waals surface area contributed by atoms with Crippen LogP contribution in [0.2, 0.25) is 0 Å². The fourth-order valence-corrected chi connectivity index (χ4v) is 3.15. The summed E-state index contributed by atoms with van der Waals surface area (Å²) in [6.45, 7) is 3.59. The third-order valence-electron chi connectivity index (χ3n) is 3.28. The van der Waals surface area contributed by atoms with E-state index in [4.69, 9.17) is 0 Å². The summed E-state index contributed by atoms with van der Waals surface area (Å²) in [7, 11) is 0. The molecule has 1 aromatic carbocycles. The highest BCUT2D eigenvalue weighted by atomic mass is 32.1. The predicted molar refractivity (Wildman–Crippen MR) is 80.1 cm³/mol. The maximum atomic E-state index is 13.6. The van der Waals surface area contributed by atoms with Gasteiger partial charge in [0.25, 0.3) is 5.91 Å². The van der Waals surface area contributed by atoms with E-state index in [1.807, 2.05) is 13.1 Å². The lowest BCUT2D eigenvalue weighted by Crippen LogP contribution is -2.25. The van der Waals surface area contributed by atoms with Gasteiger partial charge in [-0.05, 0) is 32.0 Å². The van der Waals surface area contributed by atoms with Crippen LogP contribution in [0.5, 0.6) is 0 Å². The van der Waals surface area contributed by atoms with Crippen LogP contribution in [0.4, 0.5) is 8.78 Å². The van der Waals surface area contributed by atoms with Crippen molar-refractivity contribution in [2.75, 3.05) is 0 Å². The van der Waals surface area contributed by atoms with E-state index in [0.717, 1.165) is 28.0 Å². The van der Waals surface area contributed by atoms with Gasteiger partial charge in [0, 0.05) is 23.2 Å². The molecule has 0 saturated heterocycles. The number of carbonyl (C=O) groups excluding carboxylic acids is 1. The van der Waals surface area contributed by atoms with Gasteiger partial charge in [-0.1, -0.05) is 0 Å². The lowest BCUT2D eigenvalue weighted by molar-refractivity contribution is 0.0944. The third-order valence-corrected chi connectivity index (χ3v) is 4.18. The van der Waals surface area contributed by atoms with Crippen LogP contribution in [-0.2, 0) is 6.54 Å². The molecule has 114 valence electrons. The molecule has 3 aromatic rings. The van der Waals surface area contributed by atoms with Crippen LogP contribution < -0.4 is 5.32 Å². The molecule has 0 spiro atoms. The number of hydrogen-bond acceptors (Lipinski definition) is 3. The number of carbonyl (C=O) groups is 1. The zero-order chi connectivity index (χ0) is 15.9. The largest absolute Gasteiger partial charge is 0.347 e. The summed E-state index contributed by atoms with van der Waals surface area (Å²) in [6.07, 6.45) is 1.83. The van der Waals surface area contributed by atoms with Gasteiger partial charge in [-0.15, -0.1) is 11.3 Å². The van der Waals surface area contributed by atoms with Crippen molar-refractivity contribution >= 4 is 22.2 Å². The van der Waals surface area contributed by atoms with Crippen molar-refractivity contribution in [3.05, 3.63) is 57.9 Å². The summed E-state index contributed by atoms with van der Waals surface area (Å²) in [6, 6.07) is 3.16. The quantitative estimate of drug-likeness (QED) is 0.805. The summed E-state index contributed by atoms with van der Waals surface area (Å²) in [5.74, 6) is -1.46. The lowest BCUT2D eigenvalue weighted by atomic mass is 10.2. The molecule has 0 saturated carbocycles. The minimum Gasteiger partial charge on any atom is -0.347 e. The number of nitrogens with zero attached hydrogens (tertiary/aromatic N) is 2. The molecular weight excluding hydrogens is 308 g/mol. The number of rotatable bonds is 3. The Kier molecular flexibility index (Phi) is 3.66. The van der Waals surface area contributed by atoms with E-state index < -0.39 is 11.6 Å². The van der Waals surface area contributed by atoms with Gasteiger partial charge in [0.1, 0.15) is 17.3 Å². The summed E-state index contributed by atoms with van der Waals surface area (Å²) in [5, 5.41) is 2.61. The Morgan fingerprint density at radius 2 is 2.14 bits per heavy atom. The second kappa shape index (κ2) is 5.49. The Labute approximate surface area is 129 Å². The fourth-order valence-electron chi connectivity index (χ4n) is 2.28. The molecule has 1 amide bonds. The summed E-state index contributed by atoms with van der Waals surface area (Å²) < 4.78 is 28.4. The van der Waals surface area contributed by atoms with Crippen molar-refractivity contribution in [2.45, 2.75) is 20.4 Å². The first-order chi connectivity index (χ1) is 10.5. The molecule has 22 heavy (non-hydrogen) atoms. The number of hydrogen-bond donors (Lipinski definition) is 1. The van der Waals surface area contributed by atoms with Crippen LogP contribution in [0.1, 0.15) is 26.6 Å². The number of halogens is 2. The average Bonchev–Trinajstić information content (AvgIpc) is 2.93. The summed E-state index contributed by atoms with van der Waals surface area (Å²) in [5.41, 5.74) is 1.12. The second-order valence-electron chi connectivity index (χ2n) is 4.96. The number of nitrogens with one attached hydrogen (secondary N) is 1. The average molecular weight is 321 g/mol. The van der Waals surface area contributed by atoms with Crippen LogP contribution in [-0.4, -0.2) is 15.3 Å². The highest BCUT2D eigenvalue weighted by Gasteiger charge is 2.18. The highest BCUT2D eigenvalue weighted by molar-refractivity contribution is 7.17. The normalized spacial score (nSPS) is 11.1. The molecule has 2 heterocycles. The van der Waals surface area contributed by atoms with E-state index in [0.29, 0.717) is 11.4 Å². The van der Waals surface area contributed by atoms with E-state index >= 15 is 0 Å². The zero-order valence-electron chi connectivity index (χ0n) is 12.0. The Balaban J connectivity index is 1.84. The molecule has 0 aliphatic carbocycles. The predicted octanol–water partition coefficient (Wildman–Crippen LogP) is 3.22. The van der Waals surface area contributed by atoms with E-state index in [-0.39, 0.29) is 18.0 Å². The molecular formula is C15H13F2N3OS. The number of thiazole rings is 1. The van der Waals surface area contributed by atoms with Crippen molar-refractivity contribution in [3.8, 4) is 0 Å². The summed E-state index contributed by atoms with van der Waals surface area (Å²) in [4.78, 5) is 18.4. The van der Waals surface area contributed by atoms with Gasteiger partial charge in [-0.2, -0.15) is 0 Å². The van der Waals surface area contributed by atoms with E-state index in [2.05, 4.69) is 10.3 Å². The van der Waals surface area contributed by atoms with Crippen LogP contribution in [0.25, 0.3) is 4.96 Å². The molecule has 7 heteroatoms. The Morgan fingerprint density at radius 1 is 1.36 bits per heavy atom. The monoisotopic (exact) mass is 321 g/mol. The highest BCUT2D eigenvalue weighted by Crippen LogP contribution is 2.20. The van der Waals surface area contributed by atoms with Gasteiger partial charge in [-0.3, -0.25) is 9.20 Å². The van der Waals surface area contributed by atoms with Crippen molar-refractivity contribution in [1.82, 2.24) is 14.7 Å². The van der Waals surface area contributed by atoms with Crippen LogP contribution in [0.3, 0.4) is 0 Å². The molecule has 1 N–H and O–H groups in total. The number of imidazole rings is 1. The summed E-state index contributed by atoms with van der Waals surface area (Å²) >= 11 is 1.49. The number of aromatic nitrogens is 2. The molecule has 0 aliphatic rings. The van der Waals surface area contributed by atoms with E-state index in [1.54, 1.807) is 11.3 Å². The number of benzene rings is 1. The molecule has 0 radical (unpaired) electrons. The molecule has 0 aliphatic heterocycles. The molecule has 3 rings (SSSR count). The Hall–Kier alpha value is -2.28. The van der Waals surface area contributed by atoms with Crippen molar-refractivity contribution in [3.63, 3.8) is 0 Å². The van der Waals surface area contributed by atoms with Gasteiger partial charge in [0.05, 0.1) is 5.69 Å². The maximum absolute atomic E-state index is 13.6. The zero-order valence-corrected chi connectivity index (χ0v) is 12.8. The van der Waals surface area contributed by atoms with Gasteiger partial charge < -0.3 is 5.32 Å². The topological polar surface area (TPSA) is 46.4 Å². The smallest absolute Gasteiger partial charge is 0.270 e. The Bertz CT molecular complexity index is 869. The molecule has 4 nitrogen and oxygen atoms in total. The van der Waals surface area contributed by atoms with Crippen LogP contribution >= 0.6 is 11.3 Å². The second-order valence-corrected chi connectivity index (χ2v) is 6.17. The first-order valence-corrected chi connectivity index (χ1v) is 7.44. The van der Waals surface area contributed by atoms with Gasteiger partial charge in [-0.25, -0.2) is 13.8 Å². The molecule has 2 aromatic heterocycles. The molecule has 0 fully saturated rings. The van der Waals surface area contributed by atoms with Crippen molar-refractivity contribution in [1.29, 1.82) is 0 Å². The first kappa shape index (κ1) is 14.6. The fraction of sp³-hybridized carbons (Fsp3) is 0.200. The number of aryl methyl sites for hydroxylation is 2. The van der Waals surface area contributed by atoms with Crippen LogP contribution in [0, 0.1) is 25.5 Å². The molecule has 0 unspecified atom stereocenters. The molecule has 0 atom stereocenters. The third kappa shape index (κ3) is 2.59. The minimum atomic E-state index is -0.553. The maximum Gasteiger partial charge on any atom is 0.270 e. The first-order valence-electron chi connectivity index (χ1n) is 6.63. The minimum absolute atomic E-state index is 0.0851. The SMILES string of the molecule is Cc1cn2c(C(=O)NCc3cc(F)ccc3F)c(C)nc2s1. The standard InChI is InChI=1S/C15H13F2N3OS/c1-8-7-20-13(9(2)19-15(20)22-8)14(21)18-6-10-5-11(16)3-4-12(10)17/h3-5,7H,6H2,1-2H3,(H,18,21).